The number of pyridine rings is 1. The highest BCUT2D eigenvalue weighted by molar-refractivity contribution is 7.22. The van der Waals surface area contributed by atoms with Gasteiger partial charge in [0.2, 0.25) is 5.88 Å². The van der Waals surface area contributed by atoms with E-state index in [1.54, 1.807) is 19.2 Å². The number of anilines is 2. The van der Waals surface area contributed by atoms with E-state index in [2.05, 4.69) is 20.5 Å². The molecule has 12 heteroatoms. The fourth-order valence-corrected chi connectivity index (χ4v) is 7.91. The molecular formula is C29H33N5O6S. The number of carbonyl (C=O) groups is 2. The molecular weight excluding hydrogens is 546 g/mol. The van der Waals surface area contributed by atoms with Gasteiger partial charge in [-0.2, -0.15) is 0 Å². The highest BCUT2D eigenvalue weighted by Gasteiger charge is 2.69. The molecule has 3 aliphatic carbocycles. The van der Waals surface area contributed by atoms with Crippen molar-refractivity contribution in [3.05, 3.63) is 35.5 Å². The quantitative estimate of drug-likeness (QED) is 0.390. The molecule has 2 atom stereocenters. The van der Waals surface area contributed by atoms with Crippen LogP contribution in [0.3, 0.4) is 0 Å². The molecule has 5 aliphatic rings. The maximum absolute atomic E-state index is 14.0. The minimum Gasteiger partial charge on any atom is -0.490 e. The topological polar surface area (TPSA) is 124 Å². The lowest BCUT2D eigenvalue weighted by atomic mass is 9.46. The van der Waals surface area contributed by atoms with Crippen LogP contribution in [0.2, 0.25) is 0 Å². The summed E-state index contributed by atoms with van der Waals surface area (Å²) in [6.07, 6.45) is 4.74. The van der Waals surface area contributed by atoms with Gasteiger partial charge in [-0.25, -0.2) is 9.97 Å². The van der Waals surface area contributed by atoms with E-state index in [9.17, 15) is 9.59 Å². The standard InChI is InChI=1S/C29H33N5O6S/c1-15(2)40-21-6-5-19-24(41-27(32-19)34-16-7-17(34)11-39-10-16)23(21)26(36)31-20-9-30-22(37-3)8-18(20)25(35)33-28-12-29(13-28,14-28)38-4/h5-6,8-9,15-17H,7,10-14H2,1-4H3,(H,31,36)(H,33,35). The molecule has 4 heterocycles. The molecule has 5 fully saturated rings. The van der Waals surface area contributed by atoms with E-state index in [-0.39, 0.29) is 40.3 Å². The van der Waals surface area contributed by atoms with Crippen molar-refractivity contribution < 1.29 is 28.5 Å². The van der Waals surface area contributed by atoms with Crippen LogP contribution in [-0.4, -0.2) is 78.5 Å². The van der Waals surface area contributed by atoms with E-state index >= 15 is 0 Å². The summed E-state index contributed by atoms with van der Waals surface area (Å²) in [5.74, 6) is 0.0343. The van der Waals surface area contributed by atoms with Crippen LogP contribution in [0.15, 0.2) is 24.4 Å². The van der Waals surface area contributed by atoms with E-state index in [1.807, 2.05) is 19.9 Å². The predicted molar refractivity (Wildman–Crippen MR) is 153 cm³/mol. The highest BCUT2D eigenvalue weighted by Crippen LogP contribution is 2.62. The van der Waals surface area contributed by atoms with Crippen LogP contribution in [0.5, 0.6) is 11.6 Å². The lowest BCUT2D eigenvalue weighted by Crippen LogP contribution is -2.79. The van der Waals surface area contributed by atoms with E-state index in [0.717, 1.165) is 41.0 Å². The van der Waals surface area contributed by atoms with Crippen molar-refractivity contribution in [2.24, 2.45) is 0 Å². The number of morpholine rings is 1. The van der Waals surface area contributed by atoms with Crippen molar-refractivity contribution in [1.82, 2.24) is 15.3 Å². The number of rotatable bonds is 9. The summed E-state index contributed by atoms with van der Waals surface area (Å²) in [7, 11) is 3.20. The Morgan fingerprint density at radius 2 is 1.90 bits per heavy atom. The monoisotopic (exact) mass is 579 g/mol. The second kappa shape index (κ2) is 9.53. The summed E-state index contributed by atoms with van der Waals surface area (Å²) in [5.41, 5.74) is 1.28. The van der Waals surface area contributed by atoms with Gasteiger partial charge in [0, 0.05) is 18.7 Å². The van der Waals surface area contributed by atoms with Crippen LogP contribution >= 0.6 is 11.3 Å². The van der Waals surface area contributed by atoms with Crippen LogP contribution in [0.1, 0.15) is 60.2 Å². The van der Waals surface area contributed by atoms with Gasteiger partial charge in [-0.3, -0.25) is 9.59 Å². The van der Waals surface area contributed by atoms with Gasteiger partial charge in [0.1, 0.15) is 11.3 Å². The zero-order chi connectivity index (χ0) is 28.5. The summed E-state index contributed by atoms with van der Waals surface area (Å²) in [5, 5.41) is 6.97. The Morgan fingerprint density at radius 1 is 1.15 bits per heavy atom. The third-order valence-electron chi connectivity index (χ3n) is 8.64. The molecule has 4 bridgehead atoms. The van der Waals surface area contributed by atoms with E-state index in [1.165, 1.54) is 24.6 Å². The van der Waals surface area contributed by atoms with Gasteiger partial charge in [0.05, 0.1) is 71.8 Å². The van der Waals surface area contributed by atoms with Gasteiger partial charge in [-0.05, 0) is 51.7 Å². The molecule has 0 spiro atoms. The molecule has 3 aromatic rings. The predicted octanol–water partition coefficient (Wildman–Crippen LogP) is 3.77. The third-order valence-corrected chi connectivity index (χ3v) is 9.75. The van der Waals surface area contributed by atoms with Gasteiger partial charge in [-0.15, -0.1) is 0 Å². The molecule has 216 valence electrons. The molecule has 2 aromatic heterocycles. The van der Waals surface area contributed by atoms with Crippen molar-refractivity contribution in [3.8, 4) is 11.6 Å². The molecule has 3 saturated carbocycles. The average molecular weight is 580 g/mol. The van der Waals surface area contributed by atoms with Crippen molar-refractivity contribution in [1.29, 1.82) is 0 Å². The first-order valence-corrected chi connectivity index (χ1v) is 14.7. The summed E-state index contributed by atoms with van der Waals surface area (Å²) in [6.45, 7) is 5.20. The molecule has 41 heavy (non-hydrogen) atoms. The second-order valence-corrected chi connectivity index (χ2v) is 12.8. The third kappa shape index (κ3) is 4.31. The number of carbonyl (C=O) groups excluding carboxylic acids is 2. The van der Waals surface area contributed by atoms with E-state index < -0.39 is 5.91 Å². The maximum atomic E-state index is 14.0. The van der Waals surface area contributed by atoms with Crippen LogP contribution in [0.25, 0.3) is 10.2 Å². The van der Waals surface area contributed by atoms with Crippen molar-refractivity contribution in [2.75, 3.05) is 37.7 Å². The van der Waals surface area contributed by atoms with Crippen LogP contribution < -0.4 is 25.0 Å². The Kier molecular flexibility index (Phi) is 6.14. The molecule has 2 N–H and O–H groups in total. The number of benzene rings is 1. The zero-order valence-corrected chi connectivity index (χ0v) is 24.3. The van der Waals surface area contributed by atoms with Gasteiger partial charge < -0.3 is 34.5 Å². The molecule has 0 radical (unpaired) electrons. The molecule has 11 nitrogen and oxygen atoms in total. The molecule has 1 aromatic carbocycles. The number of hydrogen-bond acceptors (Lipinski definition) is 10. The number of methoxy groups -OCH3 is 2. The van der Waals surface area contributed by atoms with Crippen LogP contribution in [0.4, 0.5) is 10.8 Å². The molecule has 2 unspecified atom stereocenters. The smallest absolute Gasteiger partial charge is 0.261 e. The van der Waals surface area contributed by atoms with Gasteiger partial charge in [-0.1, -0.05) is 11.3 Å². The minimum atomic E-state index is -0.404. The first-order chi connectivity index (χ1) is 19.7. The SMILES string of the molecule is COc1cc(C(=O)NC23CC(OC)(C2)C3)c(NC(=O)c2c(OC(C)C)ccc3nc(N4C5COCC4C5)sc23)cn1. The molecule has 2 amide bonds. The number of aromatic nitrogens is 2. The number of nitrogens with one attached hydrogen (secondary N) is 2. The summed E-state index contributed by atoms with van der Waals surface area (Å²) >= 11 is 1.48. The first kappa shape index (κ1) is 26.4. The molecule has 2 saturated heterocycles. The van der Waals surface area contributed by atoms with Crippen LogP contribution in [0, 0.1) is 0 Å². The largest absolute Gasteiger partial charge is 0.490 e. The van der Waals surface area contributed by atoms with Crippen LogP contribution in [-0.2, 0) is 9.47 Å². The van der Waals surface area contributed by atoms with Crippen molar-refractivity contribution >= 4 is 44.2 Å². The van der Waals surface area contributed by atoms with E-state index in [0.29, 0.717) is 36.6 Å². The van der Waals surface area contributed by atoms with Gasteiger partial charge >= 0.3 is 0 Å². The van der Waals surface area contributed by atoms with Gasteiger partial charge in [0.15, 0.2) is 5.13 Å². The first-order valence-electron chi connectivity index (χ1n) is 13.9. The Bertz CT molecular complexity index is 1520. The number of amides is 2. The van der Waals surface area contributed by atoms with Gasteiger partial charge in [0.25, 0.3) is 11.8 Å². The lowest BCUT2D eigenvalue weighted by Gasteiger charge is -2.69. The Labute approximate surface area is 241 Å². The maximum Gasteiger partial charge on any atom is 0.261 e. The van der Waals surface area contributed by atoms with Crippen molar-refractivity contribution in [3.63, 3.8) is 0 Å². The molecule has 8 rings (SSSR count). The fraction of sp³-hybridized carbons (Fsp3) is 0.517. The fourth-order valence-electron chi connectivity index (χ4n) is 6.66. The lowest BCUT2D eigenvalue weighted by molar-refractivity contribution is -0.233. The average Bonchev–Trinajstić information content (AvgIpc) is 3.32. The number of nitrogens with zero attached hydrogens (tertiary/aromatic N) is 3. The Morgan fingerprint density at radius 3 is 2.56 bits per heavy atom. The summed E-state index contributed by atoms with van der Waals surface area (Å²) in [6, 6.07) is 5.84. The van der Waals surface area contributed by atoms with Crippen molar-refractivity contribution in [2.45, 2.75) is 68.9 Å². The highest BCUT2D eigenvalue weighted by atomic mass is 32.1. The number of hydrogen-bond donors (Lipinski definition) is 2. The number of thiazole rings is 1. The van der Waals surface area contributed by atoms with E-state index in [4.69, 9.17) is 23.9 Å². The second-order valence-electron chi connectivity index (χ2n) is 11.8. The minimum absolute atomic E-state index is 0.110. The Hall–Kier alpha value is -3.48. The summed E-state index contributed by atoms with van der Waals surface area (Å²) in [4.78, 5) is 38.9. The molecule has 2 aliphatic heterocycles. The zero-order valence-electron chi connectivity index (χ0n) is 23.5. The Balaban J connectivity index is 1.21. The number of ether oxygens (including phenoxy) is 4. The summed E-state index contributed by atoms with van der Waals surface area (Å²) < 4.78 is 23.3. The number of fused-ring (bicyclic) bond motifs is 3. The normalized spacial score (nSPS) is 27.5.